The van der Waals surface area contributed by atoms with E-state index in [-0.39, 0.29) is 11.8 Å². The molecule has 0 unspecified atom stereocenters. The van der Waals surface area contributed by atoms with E-state index in [2.05, 4.69) is 35.8 Å². The van der Waals surface area contributed by atoms with Crippen molar-refractivity contribution in [1.82, 2.24) is 10.6 Å². The molecule has 6 heteroatoms. The lowest BCUT2D eigenvalue weighted by atomic mass is 9.75. The Morgan fingerprint density at radius 3 is 2.55 bits per heavy atom. The van der Waals surface area contributed by atoms with Crippen molar-refractivity contribution in [3.63, 3.8) is 0 Å². The Morgan fingerprint density at radius 1 is 1.06 bits per heavy atom. The van der Waals surface area contributed by atoms with Crippen LogP contribution in [-0.2, 0) is 6.42 Å². The highest BCUT2D eigenvalue weighted by atomic mass is 19.1. The van der Waals surface area contributed by atoms with Gasteiger partial charge in [-0.2, -0.15) is 0 Å². The summed E-state index contributed by atoms with van der Waals surface area (Å²) in [6, 6.07) is 18.2. The Balaban J connectivity index is 1.63. The van der Waals surface area contributed by atoms with Gasteiger partial charge in [-0.05, 0) is 77.7 Å². The van der Waals surface area contributed by atoms with Gasteiger partial charge in [0.05, 0.1) is 0 Å². The zero-order chi connectivity index (χ0) is 23.4. The Hall–Kier alpha value is -3.25. The molecule has 0 aliphatic carbocycles. The molecule has 4 nitrogen and oxygen atoms in total. The summed E-state index contributed by atoms with van der Waals surface area (Å²) in [5, 5.41) is 14.7. The number of aryl methyl sites for hydroxylation is 1. The molecule has 1 amide bonds. The minimum absolute atomic E-state index is 0.0374. The maximum absolute atomic E-state index is 13.9. The van der Waals surface area contributed by atoms with E-state index in [4.69, 9.17) is 5.11 Å². The van der Waals surface area contributed by atoms with Crippen molar-refractivity contribution in [2.45, 2.75) is 31.6 Å². The lowest BCUT2D eigenvalue weighted by Gasteiger charge is -2.34. The Bertz CT molecular complexity index is 1130. The molecule has 172 valence electrons. The fourth-order valence-electron chi connectivity index (χ4n) is 4.96. The van der Waals surface area contributed by atoms with Gasteiger partial charge >= 0.3 is 6.09 Å². The van der Waals surface area contributed by atoms with Crippen molar-refractivity contribution in [1.29, 1.82) is 0 Å². The van der Waals surface area contributed by atoms with E-state index in [9.17, 15) is 13.6 Å². The van der Waals surface area contributed by atoms with Crippen LogP contribution in [0.25, 0.3) is 11.1 Å². The Morgan fingerprint density at radius 2 is 1.82 bits per heavy atom. The van der Waals surface area contributed by atoms with E-state index in [1.54, 1.807) is 0 Å². The number of hydrogen-bond donors (Lipinski definition) is 3. The third-order valence-electron chi connectivity index (χ3n) is 6.46. The molecule has 0 bridgehead atoms. The molecule has 3 aromatic rings. The minimum Gasteiger partial charge on any atom is -0.465 e. The van der Waals surface area contributed by atoms with Gasteiger partial charge in [0.2, 0.25) is 0 Å². The number of piperidine rings is 1. The van der Waals surface area contributed by atoms with E-state index in [1.165, 1.54) is 17.7 Å². The number of rotatable bonds is 6. The van der Waals surface area contributed by atoms with Crippen molar-refractivity contribution in [3.8, 4) is 11.1 Å². The van der Waals surface area contributed by atoms with Crippen LogP contribution in [0.4, 0.5) is 13.6 Å². The first kappa shape index (κ1) is 22.9. The average molecular weight is 451 g/mol. The van der Waals surface area contributed by atoms with Crippen LogP contribution >= 0.6 is 0 Å². The van der Waals surface area contributed by atoms with Crippen LogP contribution in [0.3, 0.4) is 0 Å². The predicted octanol–water partition coefficient (Wildman–Crippen LogP) is 5.61. The van der Waals surface area contributed by atoms with Crippen LogP contribution in [0, 0.1) is 18.6 Å². The SMILES string of the molecule is Cc1cc(-c2ccccc2CCNC(=O)O)ccc1[C@H]1CNCC[C@@H]1c1cc(F)cc(F)c1. The molecule has 0 spiro atoms. The molecule has 0 aromatic heterocycles. The van der Waals surface area contributed by atoms with Crippen molar-refractivity contribution in [3.05, 3.63) is 94.6 Å². The molecule has 3 N–H and O–H groups in total. The third-order valence-corrected chi connectivity index (χ3v) is 6.46. The summed E-state index contributed by atoms with van der Waals surface area (Å²) in [6.45, 7) is 3.99. The first-order valence-corrected chi connectivity index (χ1v) is 11.2. The lowest BCUT2D eigenvalue weighted by Crippen LogP contribution is -2.34. The average Bonchev–Trinajstić information content (AvgIpc) is 2.78. The summed E-state index contributed by atoms with van der Waals surface area (Å²) in [6.07, 6.45) is 0.387. The molecule has 1 heterocycles. The summed E-state index contributed by atoms with van der Waals surface area (Å²) < 4.78 is 27.8. The first-order chi connectivity index (χ1) is 15.9. The summed E-state index contributed by atoms with van der Waals surface area (Å²) in [5.74, 6) is -0.925. The fourth-order valence-corrected chi connectivity index (χ4v) is 4.96. The molecular weight excluding hydrogens is 422 g/mol. The maximum Gasteiger partial charge on any atom is 0.404 e. The van der Waals surface area contributed by atoms with Gasteiger partial charge in [-0.15, -0.1) is 0 Å². The first-order valence-electron chi connectivity index (χ1n) is 11.2. The van der Waals surface area contributed by atoms with Crippen LogP contribution in [-0.4, -0.2) is 30.8 Å². The number of amides is 1. The van der Waals surface area contributed by atoms with Crippen LogP contribution in [0.15, 0.2) is 60.7 Å². The van der Waals surface area contributed by atoms with E-state index in [1.807, 2.05) is 24.3 Å². The van der Waals surface area contributed by atoms with Gasteiger partial charge in [0.25, 0.3) is 0 Å². The van der Waals surface area contributed by atoms with Crippen LogP contribution < -0.4 is 10.6 Å². The van der Waals surface area contributed by atoms with Gasteiger partial charge in [0, 0.05) is 25.1 Å². The number of carbonyl (C=O) groups is 1. The number of benzene rings is 3. The van der Waals surface area contributed by atoms with Crippen molar-refractivity contribution < 1.29 is 18.7 Å². The lowest BCUT2D eigenvalue weighted by molar-refractivity contribution is 0.194. The van der Waals surface area contributed by atoms with Crippen LogP contribution in [0.1, 0.15) is 40.5 Å². The zero-order valence-electron chi connectivity index (χ0n) is 18.6. The molecule has 2 atom stereocenters. The maximum atomic E-state index is 13.9. The topological polar surface area (TPSA) is 61.4 Å². The second-order valence-electron chi connectivity index (χ2n) is 8.62. The Kier molecular flexibility index (Phi) is 7.04. The van der Waals surface area contributed by atoms with E-state index >= 15 is 0 Å². The summed E-state index contributed by atoms with van der Waals surface area (Å²) in [7, 11) is 0. The highest BCUT2D eigenvalue weighted by molar-refractivity contribution is 5.69. The largest absolute Gasteiger partial charge is 0.465 e. The van der Waals surface area contributed by atoms with Crippen molar-refractivity contribution >= 4 is 6.09 Å². The highest BCUT2D eigenvalue weighted by Crippen LogP contribution is 2.40. The smallest absolute Gasteiger partial charge is 0.404 e. The standard InChI is InChI=1S/C27H28F2N2O2/c1-17-12-19(24-5-3-2-4-18(24)8-11-31-27(32)33)6-7-23(17)26-16-30-10-9-25(26)20-13-21(28)15-22(29)14-20/h2-7,12-15,25-26,30-31H,8-11,16H2,1H3,(H,32,33)/t25-,26-/m1/s1. The monoisotopic (exact) mass is 450 g/mol. The zero-order valence-corrected chi connectivity index (χ0v) is 18.6. The summed E-state index contributed by atoms with van der Waals surface area (Å²) in [4.78, 5) is 10.8. The molecule has 33 heavy (non-hydrogen) atoms. The molecule has 1 saturated heterocycles. The van der Waals surface area contributed by atoms with Gasteiger partial charge in [-0.1, -0.05) is 42.5 Å². The second-order valence-corrected chi connectivity index (χ2v) is 8.62. The Labute approximate surface area is 192 Å². The predicted molar refractivity (Wildman–Crippen MR) is 126 cm³/mol. The van der Waals surface area contributed by atoms with Gasteiger partial charge in [0.1, 0.15) is 11.6 Å². The highest BCUT2D eigenvalue weighted by Gasteiger charge is 2.29. The molecule has 0 radical (unpaired) electrons. The third kappa shape index (κ3) is 5.40. The molecule has 0 saturated carbocycles. The number of nitrogens with one attached hydrogen (secondary N) is 2. The minimum atomic E-state index is -1.03. The van der Waals surface area contributed by atoms with Gasteiger partial charge in [-0.25, -0.2) is 13.6 Å². The molecule has 3 aromatic carbocycles. The number of carboxylic acid groups (broad SMARTS) is 1. The van der Waals surface area contributed by atoms with Crippen molar-refractivity contribution in [2.75, 3.05) is 19.6 Å². The quantitative estimate of drug-likeness (QED) is 0.457. The van der Waals surface area contributed by atoms with E-state index < -0.39 is 17.7 Å². The molecule has 1 aliphatic heterocycles. The summed E-state index contributed by atoms with van der Waals surface area (Å²) in [5.41, 5.74) is 6.22. The van der Waals surface area contributed by atoms with Crippen LogP contribution in [0.5, 0.6) is 0 Å². The van der Waals surface area contributed by atoms with Gasteiger partial charge in [-0.3, -0.25) is 0 Å². The summed E-state index contributed by atoms with van der Waals surface area (Å²) >= 11 is 0. The number of hydrogen-bond acceptors (Lipinski definition) is 2. The van der Waals surface area contributed by atoms with E-state index in [0.717, 1.165) is 47.8 Å². The van der Waals surface area contributed by atoms with E-state index in [0.29, 0.717) is 18.5 Å². The molecule has 1 fully saturated rings. The van der Waals surface area contributed by atoms with Gasteiger partial charge in [0.15, 0.2) is 0 Å². The normalized spacial score (nSPS) is 18.2. The fraction of sp³-hybridized carbons (Fsp3) is 0.296. The molecule has 1 aliphatic rings. The van der Waals surface area contributed by atoms with Gasteiger partial charge < -0.3 is 15.7 Å². The van der Waals surface area contributed by atoms with Crippen molar-refractivity contribution in [2.24, 2.45) is 0 Å². The molecular formula is C27H28F2N2O2. The number of halogens is 2. The van der Waals surface area contributed by atoms with Crippen LogP contribution in [0.2, 0.25) is 0 Å². The molecule has 4 rings (SSSR count). The second kappa shape index (κ2) is 10.1.